The Balaban J connectivity index is 4.70. The highest BCUT2D eigenvalue weighted by molar-refractivity contribution is 6.00. The van der Waals surface area contributed by atoms with Crippen LogP contribution in [0.5, 0.6) is 0 Å². The number of aldehydes is 1. The van der Waals surface area contributed by atoms with Gasteiger partial charge in [0.05, 0.1) is 0 Å². The molecule has 0 aliphatic heterocycles. The molecule has 0 aromatic heterocycles. The molecule has 0 aliphatic carbocycles. The van der Waals surface area contributed by atoms with Crippen LogP contribution in [0.25, 0.3) is 0 Å². The first-order valence-corrected chi connectivity index (χ1v) is 4.41. The molecule has 0 atom stereocenters. The van der Waals surface area contributed by atoms with Gasteiger partial charge in [0.15, 0.2) is 12.1 Å². The molecule has 0 bridgehead atoms. The molecular weight excluding hydrogens is 184 g/mol. The van der Waals surface area contributed by atoms with Crippen molar-refractivity contribution in [3.63, 3.8) is 0 Å². The zero-order valence-corrected chi connectivity index (χ0v) is 9.42. The fourth-order valence-electron chi connectivity index (χ4n) is 1.08. The van der Waals surface area contributed by atoms with E-state index in [9.17, 15) is 9.59 Å². The second-order valence-electron chi connectivity index (χ2n) is 4.35. The van der Waals surface area contributed by atoms with Crippen molar-refractivity contribution in [3.8, 4) is 0 Å². The lowest BCUT2D eigenvalue weighted by atomic mass is 9.87. The van der Waals surface area contributed by atoms with Crippen LogP contribution in [-0.2, 0) is 19.1 Å². The Labute approximate surface area is 84.6 Å². The van der Waals surface area contributed by atoms with E-state index in [0.717, 1.165) is 0 Å². The lowest BCUT2D eigenvalue weighted by Gasteiger charge is -2.26. The number of carbonyl (C=O) groups excluding carboxylic acids is 2. The highest BCUT2D eigenvalue weighted by Crippen LogP contribution is 2.23. The van der Waals surface area contributed by atoms with Crippen molar-refractivity contribution >= 4 is 12.1 Å². The number of ketones is 1. The number of Topliss-reactive ketones (excluding diaryl/α,β-unsaturated/α-hetero) is 1. The molecule has 0 N–H and O–H groups in total. The van der Waals surface area contributed by atoms with Gasteiger partial charge < -0.3 is 9.47 Å². The van der Waals surface area contributed by atoms with Crippen LogP contribution in [0.15, 0.2) is 0 Å². The molecule has 0 heterocycles. The standard InChI is InChI=1S/C10H18O4/c1-9(2,3)6-8(12)10(7-11,13-4)14-5/h7H,6H2,1-5H3. The van der Waals surface area contributed by atoms with Crippen LogP contribution >= 0.6 is 0 Å². The average Bonchev–Trinajstić information content (AvgIpc) is 2.05. The summed E-state index contributed by atoms with van der Waals surface area (Å²) in [4.78, 5) is 22.4. The number of methoxy groups -OCH3 is 2. The van der Waals surface area contributed by atoms with Crippen molar-refractivity contribution in [2.75, 3.05) is 14.2 Å². The normalized spacial score (nSPS) is 12.6. The molecule has 0 amide bonds. The molecule has 0 aromatic rings. The Kier molecular flexibility index (Phi) is 4.42. The second kappa shape index (κ2) is 4.66. The first-order chi connectivity index (χ1) is 6.31. The van der Waals surface area contributed by atoms with E-state index in [4.69, 9.17) is 9.47 Å². The summed E-state index contributed by atoms with van der Waals surface area (Å²) in [7, 11) is 2.55. The number of hydrogen-bond acceptors (Lipinski definition) is 4. The molecule has 4 heteroatoms. The van der Waals surface area contributed by atoms with Crippen molar-refractivity contribution in [1.29, 1.82) is 0 Å². The zero-order chi connectivity index (χ0) is 11.4. The topological polar surface area (TPSA) is 52.6 Å². The minimum atomic E-state index is -1.73. The van der Waals surface area contributed by atoms with E-state index in [-0.39, 0.29) is 17.6 Å². The number of ether oxygens (including phenoxy) is 2. The van der Waals surface area contributed by atoms with Crippen LogP contribution in [0.1, 0.15) is 27.2 Å². The fraction of sp³-hybridized carbons (Fsp3) is 0.800. The van der Waals surface area contributed by atoms with Crippen molar-refractivity contribution in [2.24, 2.45) is 5.41 Å². The summed E-state index contributed by atoms with van der Waals surface area (Å²) >= 11 is 0. The molecule has 82 valence electrons. The molecule has 0 aromatic carbocycles. The third-order valence-corrected chi connectivity index (χ3v) is 1.84. The van der Waals surface area contributed by atoms with Crippen LogP contribution in [0.3, 0.4) is 0 Å². The first kappa shape index (κ1) is 13.3. The van der Waals surface area contributed by atoms with Crippen LogP contribution in [0.4, 0.5) is 0 Å². The average molecular weight is 202 g/mol. The van der Waals surface area contributed by atoms with Crippen molar-refractivity contribution in [1.82, 2.24) is 0 Å². The van der Waals surface area contributed by atoms with E-state index < -0.39 is 5.79 Å². The number of carbonyl (C=O) groups is 2. The highest BCUT2D eigenvalue weighted by atomic mass is 16.7. The molecule has 0 fully saturated rings. The smallest absolute Gasteiger partial charge is 0.286 e. The number of rotatable bonds is 5. The van der Waals surface area contributed by atoms with Crippen LogP contribution in [-0.4, -0.2) is 32.1 Å². The van der Waals surface area contributed by atoms with Gasteiger partial charge in [-0.15, -0.1) is 0 Å². The van der Waals surface area contributed by atoms with Crippen molar-refractivity contribution < 1.29 is 19.1 Å². The van der Waals surface area contributed by atoms with Gasteiger partial charge in [0.1, 0.15) is 0 Å². The van der Waals surface area contributed by atoms with E-state index in [0.29, 0.717) is 6.29 Å². The Bertz CT molecular complexity index is 211. The molecule has 14 heavy (non-hydrogen) atoms. The van der Waals surface area contributed by atoms with E-state index in [1.165, 1.54) is 14.2 Å². The summed E-state index contributed by atoms with van der Waals surface area (Å²) in [5.41, 5.74) is -0.192. The quantitative estimate of drug-likeness (QED) is 0.381. The highest BCUT2D eigenvalue weighted by Gasteiger charge is 2.40. The van der Waals surface area contributed by atoms with E-state index in [1.807, 2.05) is 20.8 Å². The Morgan fingerprint density at radius 1 is 1.21 bits per heavy atom. The first-order valence-electron chi connectivity index (χ1n) is 4.41. The van der Waals surface area contributed by atoms with Crippen LogP contribution in [0.2, 0.25) is 0 Å². The molecule has 0 spiro atoms. The molecule has 0 rings (SSSR count). The van der Waals surface area contributed by atoms with Gasteiger partial charge in [-0.25, -0.2) is 0 Å². The molecular formula is C10H18O4. The Hall–Kier alpha value is -0.740. The molecule has 4 nitrogen and oxygen atoms in total. The third kappa shape index (κ3) is 3.20. The van der Waals surface area contributed by atoms with Crippen molar-refractivity contribution in [3.05, 3.63) is 0 Å². The monoisotopic (exact) mass is 202 g/mol. The van der Waals surface area contributed by atoms with Gasteiger partial charge in [-0.2, -0.15) is 0 Å². The predicted octanol–water partition coefficient (Wildman–Crippen LogP) is 1.18. The maximum atomic E-state index is 11.7. The Morgan fingerprint density at radius 2 is 1.64 bits per heavy atom. The third-order valence-electron chi connectivity index (χ3n) is 1.84. The second-order valence-corrected chi connectivity index (χ2v) is 4.35. The predicted molar refractivity (Wildman–Crippen MR) is 51.9 cm³/mol. The van der Waals surface area contributed by atoms with Gasteiger partial charge in [-0.05, 0) is 5.41 Å². The minimum Gasteiger partial charge on any atom is -0.341 e. The molecule has 0 saturated heterocycles. The van der Waals surface area contributed by atoms with Crippen molar-refractivity contribution in [2.45, 2.75) is 33.0 Å². The van der Waals surface area contributed by atoms with E-state index in [2.05, 4.69) is 0 Å². The summed E-state index contributed by atoms with van der Waals surface area (Å²) in [5, 5.41) is 0. The molecule has 0 aliphatic rings. The summed E-state index contributed by atoms with van der Waals surface area (Å²) in [6, 6.07) is 0. The summed E-state index contributed by atoms with van der Waals surface area (Å²) in [5.74, 6) is -2.09. The lowest BCUT2D eigenvalue weighted by Crippen LogP contribution is -2.45. The van der Waals surface area contributed by atoms with Crippen LogP contribution < -0.4 is 0 Å². The maximum Gasteiger partial charge on any atom is 0.286 e. The van der Waals surface area contributed by atoms with Gasteiger partial charge in [-0.1, -0.05) is 20.8 Å². The van der Waals surface area contributed by atoms with E-state index in [1.54, 1.807) is 0 Å². The van der Waals surface area contributed by atoms with Crippen LogP contribution in [0, 0.1) is 5.41 Å². The molecule has 0 saturated carbocycles. The maximum absolute atomic E-state index is 11.7. The van der Waals surface area contributed by atoms with Gasteiger partial charge in [0.25, 0.3) is 5.79 Å². The fourth-order valence-corrected chi connectivity index (χ4v) is 1.08. The minimum absolute atomic E-state index is 0.192. The summed E-state index contributed by atoms with van der Waals surface area (Å²) in [6.45, 7) is 5.73. The van der Waals surface area contributed by atoms with E-state index >= 15 is 0 Å². The summed E-state index contributed by atoms with van der Waals surface area (Å²) < 4.78 is 9.61. The largest absolute Gasteiger partial charge is 0.341 e. The molecule has 0 unspecified atom stereocenters. The number of hydrogen-bond donors (Lipinski definition) is 0. The van der Waals surface area contributed by atoms with Gasteiger partial charge in [0.2, 0.25) is 0 Å². The van der Waals surface area contributed by atoms with Gasteiger partial charge >= 0.3 is 0 Å². The molecule has 0 radical (unpaired) electrons. The lowest BCUT2D eigenvalue weighted by molar-refractivity contribution is -0.200. The Morgan fingerprint density at radius 3 is 1.86 bits per heavy atom. The SMILES string of the molecule is COC(C=O)(OC)C(=O)CC(C)(C)C. The van der Waals surface area contributed by atoms with Gasteiger partial charge in [-0.3, -0.25) is 9.59 Å². The van der Waals surface area contributed by atoms with Gasteiger partial charge in [0, 0.05) is 20.6 Å². The summed E-state index contributed by atoms with van der Waals surface area (Å²) in [6.07, 6.45) is 0.620. The zero-order valence-electron chi connectivity index (χ0n) is 9.42.